The lowest BCUT2D eigenvalue weighted by Crippen LogP contribution is -1.71. The average Bonchev–Trinajstić information content (AvgIpc) is 3.01. The number of aromatic amines is 1. The third kappa shape index (κ3) is 1.72. The number of aromatic nitrogens is 1. The molecule has 0 spiro atoms. The van der Waals surface area contributed by atoms with E-state index >= 15 is 0 Å². The molecule has 0 unspecified atom stereocenters. The first-order valence-corrected chi connectivity index (χ1v) is 6.79. The van der Waals surface area contributed by atoms with Gasteiger partial charge in [-0.1, -0.05) is 42.5 Å². The summed E-state index contributed by atoms with van der Waals surface area (Å²) >= 11 is 0. The topological polar surface area (TPSA) is 15.8 Å². The van der Waals surface area contributed by atoms with E-state index in [-0.39, 0.29) is 10.9 Å². The second kappa shape index (κ2) is 4.06. The van der Waals surface area contributed by atoms with Gasteiger partial charge >= 0.3 is 0 Å². The maximum atomic E-state index is 3.37. The molecule has 2 aromatic rings. The lowest BCUT2D eigenvalue weighted by atomic mass is 10.1. The van der Waals surface area contributed by atoms with Crippen LogP contribution in [0.5, 0.6) is 0 Å². The molecule has 1 aromatic carbocycles. The van der Waals surface area contributed by atoms with E-state index < -0.39 is 0 Å². The minimum atomic E-state index is -0.226. The van der Waals surface area contributed by atoms with Crippen molar-refractivity contribution in [3.8, 4) is 11.1 Å². The Hall–Kier alpha value is -1.67. The second-order valence-corrected chi connectivity index (χ2v) is 5.62. The van der Waals surface area contributed by atoms with Gasteiger partial charge < -0.3 is 4.98 Å². The predicted molar refractivity (Wildman–Crippen MR) is 71.8 cm³/mol. The van der Waals surface area contributed by atoms with Gasteiger partial charge in [0.25, 0.3) is 0 Å². The Balaban J connectivity index is 1.94. The molecule has 0 aliphatic carbocycles. The van der Waals surface area contributed by atoms with Crippen LogP contribution in [-0.4, -0.2) is 4.98 Å². The number of nitrogens with one attached hydrogen (secondary N) is 1. The normalized spacial score (nSPS) is 15.9. The lowest BCUT2D eigenvalue weighted by Gasteiger charge is -2.05. The average molecular weight is 227 g/mol. The van der Waals surface area contributed by atoms with Gasteiger partial charge in [-0.05, 0) is 22.4 Å². The summed E-state index contributed by atoms with van der Waals surface area (Å²) in [5, 5.41) is 5.84. The number of hydrogen-bond acceptors (Lipinski definition) is 0. The summed E-state index contributed by atoms with van der Waals surface area (Å²) in [6, 6.07) is 12.7. The third-order valence-corrected chi connectivity index (χ3v) is 4.46. The van der Waals surface area contributed by atoms with Crippen molar-refractivity contribution in [1.29, 1.82) is 0 Å². The van der Waals surface area contributed by atoms with E-state index in [1.165, 1.54) is 16.2 Å². The van der Waals surface area contributed by atoms with Gasteiger partial charge in [0.2, 0.25) is 0 Å². The van der Waals surface area contributed by atoms with Crippen molar-refractivity contribution in [3.63, 3.8) is 0 Å². The number of allylic oxidation sites excluding steroid dienone is 2. The highest BCUT2D eigenvalue weighted by atomic mass is 32.2. The first kappa shape index (κ1) is 9.55. The quantitative estimate of drug-likeness (QED) is 0.719. The predicted octanol–water partition coefficient (Wildman–Crippen LogP) is 4.08. The molecule has 16 heavy (non-hydrogen) atoms. The highest BCUT2D eigenvalue weighted by Gasteiger charge is 2.06. The molecule has 0 fully saturated rings. The van der Waals surface area contributed by atoms with Gasteiger partial charge in [-0.15, -0.1) is 0 Å². The third-order valence-electron chi connectivity index (χ3n) is 2.66. The summed E-state index contributed by atoms with van der Waals surface area (Å²) in [5.74, 6) is 0. The fraction of sp³-hybridized carbons (Fsp3) is 0. The molecule has 0 radical (unpaired) electrons. The maximum absolute atomic E-state index is 3.37. The summed E-state index contributed by atoms with van der Waals surface area (Å²) in [6.07, 6.45) is 6.33. The smallest absolute Gasteiger partial charge is 0.0599 e. The van der Waals surface area contributed by atoms with E-state index in [0.717, 1.165) is 0 Å². The number of H-pyrrole nitrogens is 1. The standard InChI is InChI=1S/C14H13NS/c1-2-6-12(7-3-1)13-10-14(15-11-13)16-8-4-5-9-16/h1-11,15-16H. The van der Waals surface area contributed by atoms with Crippen LogP contribution in [0.25, 0.3) is 11.1 Å². The zero-order valence-electron chi connectivity index (χ0n) is 8.80. The summed E-state index contributed by atoms with van der Waals surface area (Å²) in [4.78, 5) is 3.37. The van der Waals surface area contributed by atoms with Crippen LogP contribution in [0.4, 0.5) is 0 Å². The minimum absolute atomic E-state index is 0.226. The van der Waals surface area contributed by atoms with E-state index in [9.17, 15) is 0 Å². The van der Waals surface area contributed by atoms with Crippen LogP contribution in [0.2, 0.25) is 0 Å². The molecule has 1 nitrogen and oxygen atoms in total. The molecule has 1 aromatic heterocycles. The van der Waals surface area contributed by atoms with Crippen LogP contribution in [0.3, 0.4) is 0 Å². The Morgan fingerprint density at radius 2 is 1.62 bits per heavy atom. The maximum Gasteiger partial charge on any atom is 0.0599 e. The van der Waals surface area contributed by atoms with Crippen molar-refractivity contribution in [2.45, 2.75) is 5.03 Å². The van der Waals surface area contributed by atoms with Crippen LogP contribution in [-0.2, 0) is 0 Å². The van der Waals surface area contributed by atoms with E-state index in [1.807, 2.05) is 6.07 Å². The van der Waals surface area contributed by atoms with Gasteiger partial charge in [-0.2, -0.15) is 10.9 Å². The number of hydrogen-bond donors (Lipinski definition) is 2. The monoisotopic (exact) mass is 227 g/mol. The highest BCUT2D eigenvalue weighted by molar-refractivity contribution is 8.22. The molecule has 0 amide bonds. The molecule has 0 atom stereocenters. The Labute approximate surface area is 97.9 Å². The summed E-state index contributed by atoms with van der Waals surface area (Å²) < 4.78 is 0. The Bertz CT molecular complexity index is 525. The molecule has 0 bridgehead atoms. The molecule has 2 heterocycles. The molecule has 1 aliphatic rings. The fourth-order valence-electron chi connectivity index (χ4n) is 1.82. The van der Waals surface area contributed by atoms with Crippen LogP contribution in [0, 0.1) is 0 Å². The van der Waals surface area contributed by atoms with Crippen LogP contribution >= 0.6 is 10.9 Å². The van der Waals surface area contributed by atoms with Gasteiger partial charge in [-0.3, -0.25) is 0 Å². The molecule has 3 rings (SSSR count). The van der Waals surface area contributed by atoms with Crippen molar-refractivity contribution in [2.24, 2.45) is 0 Å². The Morgan fingerprint density at radius 3 is 2.38 bits per heavy atom. The molecular weight excluding hydrogens is 214 g/mol. The first-order chi connectivity index (χ1) is 7.93. The number of rotatable bonds is 2. The minimum Gasteiger partial charge on any atom is -0.357 e. The van der Waals surface area contributed by atoms with Gasteiger partial charge in [0.05, 0.1) is 5.03 Å². The number of thiol groups is 1. The van der Waals surface area contributed by atoms with Crippen molar-refractivity contribution < 1.29 is 0 Å². The van der Waals surface area contributed by atoms with Gasteiger partial charge in [0.15, 0.2) is 0 Å². The molecule has 0 saturated carbocycles. The summed E-state index contributed by atoms with van der Waals surface area (Å²) in [6.45, 7) is 0. The van der Waals surface area contributed by atoms with Crippen LogP contribution < -0.4 is 0 Å². The molecule has 2 heteroatoms. The van der Waals surface area contributed by atoms with Gasteiger partial charge in [0.1, 0.15) is 0 Å². The highest BCUT2D eigenvalue weighted by Crippen LogP contribution is 2.42. The van der Waals surface area contributed by atoms with E-state index in [4.69, 9.17) is 0 Å². The van der Waals surface area contributed by atoms with Gasteiger partial charge in [-0.25, -0.2) is 0 Å². The SMILES string of the molecule is C1=C[SH](c2cc(-c3ccccc3)c[nH]2)C=C1. The largest absolute Gasteiger partial charge is 0.357 e. The molecular formula is C14H13NS. The number of benzene rings is 1. The zero-order chi connectivity index (χ0) is 10.8. The zero-order valence-corrected chi connectivity index (χ0v) is 9.69. The molecule has 1 aliphatic heterocycles. The second-order valence-electron chi connectivity index (χ2n) is 3.73. The van der Waals surface area contributed by atoms with Crippen molar-refractivity contribution >= 4 is 10.9 Å². The van der Waals surface area contributed by atoms with Crippen LogP contribution in [0.1, 0.15) is 0 Å². The molecule has 80 valence electrons. The summed E-state index contributed by atoms with van der Waals surface area (Å²) in [5.41, 5.74) is 2.54. The first-order valence-electron chi connectivity index (χ1n) is 5.31. The molecule has 0 saturated heterocycles. The fourth-order valence-corrected chi connectivity index (χ4v) is 3.32. The van der Waals surface area contributed by atoms with Crippen molar-refractivity contribution in [2.75, 3.05) is 0 Å². The molecule has 1 N–H and O–H groups in total. The van der Waals surface area contributed by atoms with E-state index in [0.29, 0.717) is 0 Å². The van der Waals surface area contributed by atoms with Crippen molar-refractivity contribution in [1.82, 2.24) is 4.98 Å². The van der Waals surface area contributed by atoms with Crippen molar-refractivity contribution in [3.05, 3.63) is 65.6 Å². The lowest BCUT2D eigenvalue weighted by molar-refractivity contribution is 1.21. The van der Waals surface area contributed by atoms with E-state index in [1.54, 1.807) is 0 Å². The Kier molecular flexibility index (Phi) is 2.43. The van der Waals surface area contributed by atoms with Crippen LogP contribution in [0.15, 0.2) is 70.6 Å². The Morgan fingerprint density at radius 1 is 0.875 bits per heavy atom. The van der Waals surface area contributed by atoms with E-state index in [2.05, 4.69) is 64.5 Å². The van der Waals surface area contributed by atoms with Gasteiger partial charge in [0, 0.05) is 11.8 Å². The summed E-state index contributed by atoms with van der Waals surface area (Å²) in [7, 11) is -0.226.